The first-order chi connectivity index (χ1) is 8.52. The molecule has 106 valence electrons. The van der Waals surface area contributed by atoms with Gasteiger partial charge in [0.15, 0.2) is 0 Å². The van der Waals surface area contributed by atoms with Gasteiger partial charge in [0.1, 0.15) is 0 Å². The van der Waals surface area contributed by atoms with Gasteiger partial charge >= 0.3 is 0 Å². The van der Waals surface area contributed by atoms with E-state index in [1.807, 2.05) is 0 Å². The highest BCUT2D eigenvalue weighted by molar-refractivity contribution is 4.92. The normalized spacial score (nSPS) is 37.0. The van der Waals surface area contributed by atoms with Crippen LogP contribution in [0.2, 0.25) is 0 Å². The van der Waals surface area contributed by atoms with E-state index < -0.39 is 0 Å². The van der Waals surface area contributed by atoms with Crippen molar-refractivity contribution >= 4 is 0 Å². The zero-order valence-corrected chi connectivity index (χ0v) is 12.6. The fourth-order valence-electron chi connectivity index (χ4n) is 3.13. The summed E-state index contributed by atoms with van der Waals surface area (Å²) in [6, 6.07) is 0.697. The predicted molar refractivity (Wildman–Crippen MR) is 77.1 cm³/mol. The van der Waals surface area contributed by atoms with Gasteiger partial charge < -0.3 is 10.2 Å². The molecule has 0 aromatic carbocycles. The van der Waals surface area contributed by atoms with Crippen molar-refractivity contribution in [2.45, 2.75) is 31.8 Å². The molecule has 2 unspecified atom stereocenters. The summed E-state index contributed by atoms with van der Waals surface area (Å²) in [5, 5.41) is 3.67. The summed E-state index contributed by atoms with van der Waals surface area (Å²) in [4.78, 5) is 7.65. The Bertz CT molecular complexity index is 271. The second-order valence-corrected chi connectivity index (χ2v) is 6.47. The fourth-order valence-corrected chi connectivity index (χ4v) is 3.13. The Labute approximate surface area is 112 Å². The lowest BCUT2D eigenvalue weighted by molar-refractivity contribution is 0.0590. The van der Waals surface area contributed by atoms with Crippen molar-refractivity contribution in [2.24, 2.45) is 0 Å². The summed E-state index contributed by atoms with van der Waals surface area (Å²) in [5.41, 5.74) is 0.317. The zero-order chi connectivity index (χ0) is 13.2. The molecular weight excluding hydrogens is 224 g/mol. The Hall–Kier alpha value is -0.160. The van der Waals surface area contributed by atoms with Gasteiger partial charge in [-0.2, -0.15) is 0 Å². The minimum atomic E-state index is 0.317. The molecule has 0 aromatic heterocycles. The zero-order valence-electron chi connectivity index (χ0n) is 12.6. The Morgan fingerprint density at radius 3 is 2.72 bits per heavy atom. The first-order valence-electron chi connectivity index (χ1n) is 7.38. The first-order valence-corrected chi connectivity index (χ1v) is 7.38. The molecule has 0 radical (unpaired) electrons. The van der Waals surface area contributed by atoms with Crippen molar-refractivity contribution in [2.75, 3.05) is 59.9 Å². The molecule has 0 saturated carbocycles. The summed E-state index contributed by atoms with van der Waals surface area (Å²) in [6.45, 7) is 13.0. The van der Waals surface area contributed by atoms with E-state index in [0.29, 0.717) is 11.6 Å². The van der Waals surface area contributed by atoms with Gasteiger partial charge in [0.05, 0.1) is 0 Å². The van der Waals surface area contributed by atoms with Gasteiger partial charge in [-0.1, -0.05) is 6.92 Å². The van der Waals surface area contributed by atoms with Crippen LogP contribution < -0.4 is 5.32 Å². The van der Waals surface area contributed by atoms with Gasteiger partial charge in [-0.15, -0.1) is 0 Å². The smallest absolute Gasteiger partial charge is 0.0347 e. The van der Waals surface area contributed by atoms with E-state index in [2.05, 4.69) is 48.0 Å². The number of rotatable bonds is 3. The Balaban J connectivity index is 1.88. The minimum Gasteiger partial charge on any atom is -0.309 e. The maximum atomic E-state index is 3.67. The lowest BCUT2D eigenvalue weighted by Gasteiger charge is -2.45. The molecule has 18 heavy (non-hydrogen) atoms. The molecular formula is C14H30N4. The molecule has 4 nitrogen and oxygen atoms in total. The van der Waals surface area contributed by atoms with Gasteiger partial charge in [-0.3, -0.25) is 9.80 Å². The fraction of sp³-hybridized carbons (Fsp3) is 1.00. The molecule has 0 bridgehead atoms. The van der Waals surface area contributed by atoms with Crippen LogP contribution in [0.15, 0.2) is 0 Å². The number of hydrogen-bond acceptors (Lipinski definition) is 4. The monoisotopic (exact) mass is 254 g/mol. The molecule has 2 atom stereocenters. The van der Waals surface area contributed by atoms with Crippen LogP contribution in [-0.2, 0) is 0 Å². The molecule has 2 aliphatic rings. The Morgan fingerprint density at radius 2 is 2.00 bits per heavy atom. The van der Waals surface area contributed by atoms with Gasteiger partial charge in [0.2, 0.25) is 0 Å². The number of nitrogens with zero attached hydrogens (tertiary/aromatic N) is 3. The first kappa shape index (κ1) is 14.3. The highest BCUT2D eigenvalue weighted by Gasteiger charge is 2.31. The average Bonchev–Trinajstić information content (AvgIpc) is 2.34. The molecule has 0 aromatic rings. The molecule has 2 rings (SSSR count). The van der Waals surface area contributed by atoms with Gasteiger partial charge in [-0.25, -0.2) is 0 Å². The summed E-state index contributed by atoms with van der Waals surface area (Å²) in [6.07, 6.45) is 1.21. The van der Waals surface area contributed by atoms with E-state index >= 15 is 0 Å². The standard InChI is InChI=1S/C14H30N4/c1-5-14(2)12-18(7-6-15-14)11-13-10-16(3)8-9-17(13)4/h13,15H,5-12H2,1-4H3. The third kappa shape index (κ3) is 3.44. The molecule has 1 N–H and O–H groups in total. The third-order valence-corrected chi connectivity index (χ3v) is 4.78. The van der Waals surface area contributed by atoms with Gasteiger partial charge in [-0.05, 0) is 27.4 Å². The lowest BCUT2D eigenvalue weighted by atomic mass is 9.95. The number of nitrogens with one attached hydrogen (secondary N) is 1. The Kier molecular flexibility index (Phi) is 4.64. The Morgan fingerprint density at radius 1 is 1.22 bits per heavy atom. The van der Waals surface area contributed by atoms with Gasteiger partial charge in [0, 0.05) is 57.4 Å². The lowest BCUT2D eigenvalue weighted by Crippen LogP contribution is -2.62. The van der Waals surface area contributed by atoms with Crippen LogP contribution in [0.1, 0.15) is 20.3 Å². The van der Waals surface area contributed by atoms with Crippen molar-refractivity contribution < 1.29 is 0 Å². The van der Waals surface area contributed by atoms with E-state index in [1.165, 1.54) is 45.7 Å². The molecule has 0 spiro atoms. The molecule has 2 saturated heterocycles. The SMILES string of the molecule is CCC1(C)CN(CC2CN(C)CCN2C)CCN1. The largest absolute Gasteiger partial charge is 0.309 e. The van der Waals surface area contributed by atoms with Crippen molar-refractivity contribution in [3.8, 4) is 0 Å². The van der Waals surface area contributed by atoms with E-state index in [-0.39, 0.29) is 0 Å². The van der Waals surface area contributed by atoms with Crippen LogP contribution in [0.5, 0.6) is 0 Å². The van der Waals surface area contributed by atoms with Crippen LogP contribution in [0.4, 0.5) is 0 Å². The second kappa shape index (κ2) is 5.87. The van der Waals surface area contributed by atoms with Crippen molar-refractivity contribution in [1.82, 2.24) is 20.0 Å². The quantitative estimate of drug-likeness (QED) is 0.782. The molecule has 4 heteroatoms. The van der Waals surface area contributed by atoms with E-state index in [0.717, 1.165) is 6.54 Å². The molecule has 2 heterocycles. The van der Waals surface area contributed by atoms with E-state index in [9.17, 15) is 0 Å². The molecule has 0 aliphatic carbocycles. The van der Waals surface area contributed by atoms with Crippen LogP contribution in [-0.4, -0.2) is 86.2 Å². The molecule has 2 aliphatic heterocycles. The van der Waals surface area contributed by atoms with Crippen molar-refractivity contribution in [3.05, 3.63) is 0 Å². The van der Waals surface area contributed by atoms with Crippen LogP contribution >= 0.6 is 0 Å². The van der Waals surface area contributed by atoms with Gasteiger partial charge in [0.25, 0.3) is 0 Å². The number of piperazine rings is 2. The van der Waals surface area contributed by atoms with Crippen LogP contribution in [0.25, 0.3) is 0 Å². The highest BCUT2D eigenvalue weighted by Crippen LogP contribution is 2.17. The average molecular weight is 254 g/mol. The number of hydrogen-bond donors (Lipinski definition) is 1. The number of likely N-dealkylation sites (N-methyl/N-ethyl adjacent to an activating group) is 2. The van der Waals surface area contributed by atoms with Crippen molar-refractivity contribution in [3.63, 3.8) is 0 Å². The second-order valence-electron chi connectivity index (χ2n) is 6.47. The predicted octanol–water partition coefficient (Wildman–Crippen LogP) is 0.306. The summed E-state index contributed by atoms with van der Waals surface area (Å²) in [5.74, 6) is 0. The highest BCUT2D eigenvalue weighted by atomic mass is 15.3. The maximum Gasteiger partial charge on any atom is 0.0347 e. The van der Waals surface area contributed by atoms with E-state index in [1.54, 1.807) is 0 Å². The van der Waals surface area contributed by atoms with E-state index in [4.69, 9.17) is 0 Å². The third-order valence-electron chi connectivity index (χ3n) is 4.78. The topological polar surface area (TPSA) is 21.8 Å². The summed E-state index contributed by atoms with van der Waals surface area (Å²) >= 11 is 0. The molecule has 0 amide bonds. The van der Waals surface area contributed by atoms with Crippen molar-refractivity contribution in [1.29, 1.82) is 0 Å². The minimum absolute atomic E-state index is 0.317. The summed E-state index contributed by atoms with van der Waals surface area (Å²) < 4.78 is 0. The van der Waals surface area contributed by atoms with Crippen LogP contribution in [0, 0.1) is 0 Å². The summed E-state index contributed by atoms with van der Waals surface area (Å²) in [7, 11) is 4.52. The van der Waals surface area contributed by atoms with Crippen LogP contribution in [0.3, 0.4) is 0 Å². The maximum absolute atomic E-state index is 3.67. The molecule has 2 fully saturated rings.